The van der Waals surface area contributed by atoms with E-state index in [4.69, 9.17) is 10.00 Å². The topological polar surface area (TPSA) is 57.9 Å². The maximum atomic E-state index is 8.85. The van der Waals surface area contributed by atoms with Gasteiger partial charge in [-0.05, 0) is 25.0 Å². The van der Waals surface area contributed by atoms with E-state index in [1.54, 1.807) is 18.3 Å². The molecule has 0 aliphatic carbocycles. The summed E-state index contributed by atoms with van der Waals surface area (Å²) in [4.78, 5) is 4.12. The first-order valence-corrected chi connectivity index (χ1v) is 5.11. The van der Waals surface area contributed by atoms with E-state index >= 15 is 0 Å². The molecular weight excluding hydrogens is 190 g/mol. The average Bonchev–Trinajstić information content (AvgIpc) is 2.79. The van der Waals surface area contributed by atoms with Gasteiger partial charge in [-0.2, -0.15) is 5.26 Å². The molecule has 1 aliphatic heterocycles. The number of hydrogen-bond acceptors (Lipinski definition) is 4. The summed E-state index contributed by atoms with van der Waals surface area (Å²) in [7, 11) is 0. The third-order valence-electron chi connectivity index (χ3n) is 2.45. The summed E-state index contributed by atoms with van der Waals surface area (Å²) in [5.74, 6) is 0.649. The molecule has 0 spiro atoms. The van der Waals surface area contributed by atoms with Gasteiger partial charge < -0.3 is 10.1 Å². The van der Waals surface area contributed by atoms with Gasteiger partial charge in [-0.3, -0.25) is 0 Å². The zero-order valence-electron chi connectivity index (χ0n) is 8.44. The molecule has 1 fully saturated rings. The van der Waals surface area contributed by atoms with Crippen molar-refractivity contribution in [2.24, 2.45) is 0 Å². The van der Waals surface area contributed by atoms with Crippen molar-refractivity contribution in [3.63, 3.8) is 0 Å². The summed E-state index contributed by atoms with van der Waals surface area (Å²) in [6, 6.07) is 5.62. The predicted octanol–water partition coefficient (Wildman–Crippen LogP) is 1.54. The Morgan fingerprint density at radius 1 is 1.67 bits per heavy atom. The highest BCUT2D eigenvalue weighted by atomic mass is 16.5. The SMILES string of the molecule is N#Cc1cccnc1NC[C@H]1CCCO1. The quantitative estimate of drug-likeness (QED) is 0.809. The fourth-order valence-electron chi connectivity index (χ4n) is 1.65. The summed E-state index contributed by atoms with van der Waals surface area (Å²) in [6.45, 7) is 1.57. The van der Waals surface area contributed by atoms with Crippen LogP contribution in [0.2, 0.25) is 0 Å². The molecule has 4 nitrogen and oxygen atoms in total. The van der Waals surface area contributed by atoms with E-state index in [1.165, 1.54) is 0 Å². The molecule has 78 valence electrons. The average molecular weight is 203 g/mol. The lowest BCUT2D eigenvalue weighted by Gasteiger charge is -2.11. The highest BCUT2D eigenvalue weighted by Crippen LogP contribution is 2.14. The first kappa shape index (κ1) is 9.94. The second kappa shape index (κ2) is 4.76. The lowest BCUT2D eigenvalue weighted by molar-refractivity contribution is 0.120. The predicted molar refractivity (Wildman–Crippen MR) is 56.4 cm³/mol. The summed E-state index contributed by atoms with van der Waals surface area (Å²) in [6.07, 6.45) is 4.15. The summed E-state index contributed by atoms with van der Waals surface area (Å²) in [5.41, 5.74) is 0.579. The molecule has 0 unspecified atom stereocenters. The Morgan fingerprint density at radius 3 is 3.33 bits per heavy atom. The van der Waals surface area contributed by atoms with Crippen molar-refractivity contribution in [2.45, 2.75) is 18.9 Å². The number of aromatic nitrogens is 1. The number of hydrogen-bond donors (Lipinski definition) is 1. The molecule has 1 aliphatic rings. The van der Waals surface area contributed by atoms with Crippen LogP contribution in [-0.4, -0.2) is 24.2 Å². The van der Waals surface area contributed by atoms with Crippen molar-refractivity contribution < 1.29 is 4.74 Å². The molecule has 1 saturated heterocycles. The van der Waals surface area contributed by atoms with Gasteiger partial charge in [-0.25, -0.2) is 4.98 Å². The first-order valence-electron chi connectivity index (χ1n) is 5.11. The molecule has 0 bridgehead atoms. The number of nitrogens with zero attached hydrogens (tertiary/aromatic N) is 2. The van der Waals surface area contributed by atoms with Crippen LogP contribution in [0.25, 0.3) is 0 Å². The molecule has 1 atom stereocenters. The van der Waals surface area contributed by atoms with Crippen LogP contribution in [0.3, 0.4) is 0 Å². The van der Waals surface area contributed by atoms with Crippen LogP contribution in [0.5, 0.6) is 0 Å². The van der Waals surface area contributed by atoms with Crippen LogP contribution in [-0.2, 0) is 4.74 Å². The van der Waals surface area contributed by atoms with E-state index in [0.717, 1.165) is 26.0 Å². The Bertz CT molecular complexity index is 366. The van der Waals surface area contributed by atoms with E-state index in [-0.39, 0.29) is 6.10 Å². The molecule has 4 heteroatoms. The van der Waals surface area contributed by atoms with E-state index in [1.807, 2.05) is 0 Å². The maximum Gasteiger partial charge on any atom is 0.143 e. The molecule has 0 amide bonds. The molecule has 0 saturated carbocycles. The molecule has 2 heterocycles. The van der Waals surface area contributed by atoms with Crippen LogP contribution in [0.15, 0.2) is 18.3 Å². The first-order chi connectivity index (χ1) is 7.40. The van der Waals surface area contributed by atoms with Gasteiger partial charge in [0.2, 0.25) is 0 Å². The fraction of sp³-hybridized carbons (Fsp3) is 0.455. The number of pyridine rings is 1. The molecule has 1 N–H and O–H groups in total. The molecule has 2 rings (SSSR count). The Morgan fingerprint density at radius 2 is 2.60 bits per heavy atom. The van der Waals surface area contributed by atoms with Crippen molar-refractivity contribution in [1.29, 1.82) is 5.26 Å². The minimum atomic E-state index is 0.263. The van der Waals surface area contributed by atoms with Crippen LogP contribution in [0.1, 0.15) is 18.4 Å². The lowest BCUT2D eigenvalue weighted by atomic mass is 10.2. The Labute approximate surface area is 88.9 Å². The van der Waals surface area contributed by atoms with Crippen LogP contribution >= 0.6 is 0 Å². The summed E-state index contributed by atoms with van der Waals surface area (Å²) >= 11 is 0. The van der Waals surface area contributed by atoms with Gasteiger partial charge in [-0.1, -0.05) is 0 Å². The molecule has 0 aromatic carbocycles. The number of nitriles is 1. The van der Waals surface area contributed by atoms with Crippen molar-refractivity contribution in [2.75, 3.05) is 18.5 Å². The largest absolute Gasteiger partial charge is 0.376 e. The van der Waals surface area contributed by atoms with Crippen LogP contribution in [0.4, 0.5) is 5.82 Å². The normalized spacial score (nSPS) is 19.8. The Kier molecular flexibility index (Phi) is 3.15. The van der Waals surface area contributed by atoms with Crippen molar-refractivity contribution >= 4 is 5.82 Å². The van der Waals surface area contributed by atoms with Gasteiger partial charge in [0.05, 0.1) is 11.7 Å². The third-order valence-corrected chi connectivity index (χ3v) is 2.45. The van der Waals surface area contributed by atoms with Gasteiger partial charge in [0.15, 0.2) is 0 Å². The molecule has 15 heavy (non-hydrogen) atoms. The Hall–Kier alpha value is -1.60. The van der Waals surface area contributed by atoms with Crippen molar-refractivity contribution in [3.8, 4) is 6.07 Å². The zero-order valence-corrected chi connectivity index (χ0v) is 8.44. The van der Waals surface area contributed by atoms with E-state index in [0.29, 0.717) is 11.4 Å². The molecular formula is C11H13N3O. The minimum absolute atomic E-state index is 0.263. The molecule has 0 radical (unpaired) electrons. The van der Waals surface area contributed by atoms with E-state index in [2.05, 4.69) is 16.4 Å². The Balaban J connectivity index is 1.95. The summed E-state index contributed by atoms with van der Waals surface area (Å²) < 4.78 is 5.47. The molecule has 1 aromatic rings. The van der Waals surface area contributed by atoms with Gasteiger partial charge in [0.1, 0.15) is 11.9 Å². The van der Waals surface area contributed by atoms with Crippen LogP contribution in [0, 0.1) is 11.3 Å². The third kappa shape index (κ3) is 2.45. The molecule has 1 aromatic heterocycles. The van der Waals surface area contributed by atoms with E-state index in [9.17, 15) is 0 Å². The van der Waals surface area contributed by atoms with Crippen molar-refractivity contribution in [3.05, 3.63) is 23.9 Å². The monoisotopic (exact) mass is 203 g/mol. The smallest absolute Gasteiger partial charge is 0.143 e. The fourth-order valence-corrected chi connectivity index (χ4v) is 1.65. The minimum Gasteiger partial charge on any atom is -0.376 e. The highest BCUT2D eigenvalue weighted by Gasteiger charge is 2.15. The number of anilines is 1. The van der Waals surface area contributed by atoms with Gasteiger partial charge >= 0.3 is 0 Å². The summed E-state index contributed by atoms with van der Waals surface area (Å²) in [5, 5.41) is 12.0. The standard InChI is InChI=1S/C11H13N3O/c12-7-9-3-1-5-13-11(9)14-8-10-4-2-6-15-10/h1,3,5,10H,2,4,6,8H2,(H,13,14)/t10-/m1/s1. The second-order valence-corrected chi connectivity index (χ2v) is 3.53. The van der Waals surface area contributed by atoms with Gasteiger partial charge in [0.25, 0.3) is 0 Å². The second-order valence-electron chi connectivity index (χ2n) is 3.53. The van der Waals surface area contributed by atoms with E-state index < -0.39 is 0 Å². The van der Waals surface area contributed by atoms with Crippen molar-refractivity contribution in [1.82, 2.24) is 4.98 Å². The lowest BCUT2D eigenvalue weighted by Crippen LogP contribution is -2.19. The van der Waals surface area contributed by atoms with Gasteiger partial charge in [0, 0.05) is 19.3 Å². The highest BCUT2D eigenvalue weighted by molar-refractivity contribution is 5.51. The number of rotatable bonds is 3. The van der Waals surface area contributed by atoms with Gasteiger partial charge in [-0.15, -0.1) is 0 Å². The zero-order chi connectivity index (χ0) is 10.5. The maximum absolute atomic E-state index is 8.85. The number of ether oxygens (including phenoxy) is 1. The number of nitrogens with one attached hydrogen (secondary N) is 1. The van der Waals surface area contributed by atoms with Crippen LogP contribution < -0.4 is 5.32 Å².